The van der Waals surface area contributed by atoms with Crippen LogP contribution in [0.3, 0.4) is 0 Å². The predicted molar refractivity (Wildman–Crippen MR) is 110 cm³/mol. The summed E-state index contributed by atoms with van der Waals surface area (Å²) in [4.78, 5) is 21.3. The van der Waals surface area contributed by atoms with Gasteiger partial charge in [-0.3, -0.25) is 4.79 Å². The van der Waals surface area contributed by atoms with Crippen molar-refractivity contribution in [3.05, 3.63) is 76.6 Å². The van der Waals surface area contributed by atoms with Gasteiger partial charge in [-0.25, -0.2) is 9.97 Å². The Morgan fingerprint density at radius 1 is 1.00 bits per heavy atom. The smallest absolute Gasteiger partial charge is 0.270 e. The summed E-state index contributed by atoms with van der Waals surface area (Å²) >= 11 is 0. The van der Waals surface area contributed by atoms with Gasteiger partial charge in [0.1, 0.15) is 11.4 Å². The lowest BCUT2D eigenvalue weighted by molar-refractivity contribution is 0.0945. The summed E-state index contributed by atoms with van der Waals surface area (Å²) < 4.78 is 5.14. The van der Waals surface area contributed by atoms with E-state index in [1.165, 1.54) is 5.56 Å². The maximum atomic E-state index is 12.6. The van der Waals surface area contributed by atoms with Crippen molar-refractivity contribution in [2.45, 2.75) is 27.3 Å². The summed E-state index contributed by atoms with van der Waals surface area (Å²) in [6, 6.07) is 15.3. The second-order valence-electron chi connectivity index (χ2n) is 6.69. The fourth-order valence-electron chi connectivity index (χ4n) is 2.83. The normalized spacial score (nSPS) is 10.4. The number of aromatic nitrogens is 2. The molecule has 1 heterocycles. The van der Waals surface area contributed by atoms with Crippen LogP contribution in [0, 0.1) is 20.8 Å². The summed E-state index contributed by atoms with van der Waals surface area (Å²) in [6.07, 6.45) is 0. The van der Waals surface area contributed by atoms with Gasteiger partial charge in [0, 0.05) is 17.9 Å². The second-order valence-corrected chi connectivity index (χ2v) is 6.69. The highest BCUT2D eigenvalue weighted by Gasteiger charge is 2.11. The Labute approximate surface area is 165 Å². The van der Waals surface area contributed by atoms with Crippen LogP contribution in [-0.2, 0) is 6.54 Å². The molecule has 0 saturated heterocycles. The van der Waals surface area contributed by atoms with Crippen molar-refractivity contribution < 1.29 is 9.53 Å². The van der Waals surface area contributed by atoms with Gasteiger partial charge in [0.15, 0.2) is 0 Å². The Balaban J connectivity index is 1.71. The van der Waals surface area contributed by atoms with Crippen LogP contribution in [0.1, 0.15) is 32.9 Å². The maximum absolute atomic E-state index is 12.6. The molecule has 6 heteroatoms. The molecule has 0 atom stereocenters. The number of carbonyl (C=O) groups excluding carboxylic acids is 1. The molecule has 2 N–H and O–H groups in total. The lowest BCUT2D eigenvalue weighted by atomic mass is 10.1. The highest BCUT2D eigenvalue weighted by Crippen LogP contribution is 2.20. The minimum atomic E-state index is -0.245. The van der Waals surface area contributed by atoms with Gasteiger partial charge in [-0.1, -0.05) is 29.8 Å². The first-order valence-corrected chi connectivity index (χ1v) is 9.05. The first-order valence-electron chi connectivity index (χ1n) is 9.05. The van der Waals surface area contributed by atoms with Gasteiger partial charge in [-0.2, -0.15) is 0 Å². The van der Waals surface area contributed by atoms with Crippen molar-refractivity contribution in [1.29, 1.82) is 0 Å². The lowest BCUT2D eigenvalue weighted by Gasteiger charge is -2.11. The predicted octanol–water partition coefficient (Wildman–Crippen LogP) is 4.08. The zero-order valence-electron chi connectivity index (χ0n) is 16.5. The Morgan fingerprint density at radius 3 is 2.43 bits per heavy atom. The van der Waals surface area contributed by atoms with Gasteiger partial charge in [-0.05, 0) is 56.2 Å². The summed E-state index contributed by atoms with van der Waals surface area (Å²) in [6.45, 7) is 6.32. The molecule has 3 aromatic rings. The van der Waals surface area contributed by atoms with Crippen molar-refractivity contribution in [1.82, 2.24) is 15.3 Å². The molecule has 0 spiro atoms. The minimum Gasteiger partial charge on any atom is -0.497 e. The second kappa shape index (κ2) is 8.52. The van der Waals surface area contributed by atoms with Gasteiger partial charge in [-0.15, -0.1) is 0 Å². The number of hydrogen-bond acceptors (Lipinski definition) is 5. The molecule has 0 radical (unpaired) electrons. The van der Waals surface area contributed by atoms with Crippen molar-refractivity contribution in [3.63, 3.8) is 0 Å². The standard InChI is InChI=1S/C22H24N4O2/c1-14-5-10-19(15(2)11-14)25-22-24-16(3)12-20(26-22)21(27)23-13-17-6-8-18(28-4)9-7-17/h5-12H,13H2,1-4H3,(H,23,27)(H,24,25,26). The quantitative estimate of drug-likeness (QED) is 0.678. The fourth-order valence-corrected chi connectivity index (χ4v) is 2.83. The zero-order valence-corrected chi connectivity index (χ0v) is 16.5. The van der Waals surface area contributed by atoms with Gasteiger partial charge in [0.2, 0.25) is 5.95 Å². The minimum absolute atomic E-state index is 0.245. The van der Waals surface area contributed by atoms with Crippen LogP contribution >= 0.6 is 0 Å². The van der Waals surface area contributed by atoms with Crippen LogP contribution < -0.4 is 15.4 Å². The number of carbonyl (C=O) groups is 1. The van der Waals surface area contributed by atoms with E-state index >= 15 is 0 Å². The van der Waals surface area contributed by atoms with E-state index < -0.39 is 0 Å². The number of aryl methyl sites for hydroxylation is 3. The van der Waals surface area contributed by atoms with E-state index in [2.05, 4.69) is 26.7 Å². The maximum Gasteiger partial charge on any atom is 0.270 e. The molecule has 1 aromatic heterocycles. The molecule has 3 rings (SSSR count). The SMILES string of the molecule is COc1ccc(CNC(=O)c2cc(C)nc(Nc3ccc(C)cc3C)n2)cc1. The van der Waals surface area contributed by atoms with Crippen molar-refractivity contribution in [3.8, 4) is 5.75 Å². The molecule has 0 bridgehead atoms. The molecule has 2 aromatic carbocycles. The highest BCUT2D eigenvalue weighted by atomic mass is 16.5. The number of nitrogens with zero attached hydrogens (tertiary/aromatic N) is 2. The number of nitrogens with one attached hydrogen (secondary N) is 2. The largest absolute Gasteiger partial charge is 0.497 e. The molecule has 0 aliphatic carbocycles. The molecular weight excluding hydrogens is 352 g/mol. The summed E-state index contributed by atoms with van der Waals surface area (Å²) in [5, 5.41) is 6.10. The molecule has 0 fully saturated rings. The Kier molecular flexibility index (Phi) is 5.89. The number of methoxy groups -OCH3 is 1. The lowest BCUT2D eigenvalue weighted by Crippen LogP contribution is -2.24. The van der Waals surface area contributed by atoms with E-state index in [1.54, 1.807) is 13.2 Å². The van der Waals surface area contributed by atoms with E-state index in [9.17, 15) is 4.79 Å². The summed E-state index contributed by atoms with van der Waals surface area (Å²) in [5.74, 6) is 0.940. The van der Waals surface area contributed by atoms with Gasteiger partial charge in [0.25, 0.3) is 5.91 Å². The van der Waals surface area contributed by atoms with Crippen LogP contribution in [-0.4, -0.2) is 23.0 Å². The van der Waals surface area contributed by atoms with Crippen molar-refractivity contribution in [2.75, 3.05) is 12.4 Å². The first kappa shape index (κ1) is 19.4. The third-order valence-corrected chi connectivity index (χ3v) is 4.33. The number of ether oxygens (including phenoxy) is 1. The third kappa shape index (κ3) is 4.85. The number of amides is 1. The Hall–Kier alpha value is -3.41. The molecule has 28 heavy (non-hydrogen) atoms. The summed E-state index contributed by atoms with van der Waals surface area (Å²) in [7, 11) is 1.62. The van der Waals surface area contributed by atoms with Crippen LogP contribution in [0.5, 0.6) is 5.75 Å². The van der Waals surface area contributed by atoms with E-state index in [4.69, 9.17) is 4.74 Å². The molecule has 0 unspecified atom stereocenters. The molecular formula is C22H24N4O2. The highest BCUT2D eigenvalue weighted by molar-refractivity contribution is 5.92. The van der Waals surface area contributed by atoms with E-state index in [1.807, 2.05) is 57.2 Å². The zero-order chi connectivity index (χ0) is 20.1. The van der Waals surface area contributed by atoms with Gasteiger partial charge in [0.05, 0.1) is 7.11 Å². The molecule has 6 nitrogen and oxygen atoms in total. The van der Waals surface area contributed by atoms with E-state index in [-0.39, 0.29) is 5.91 Å². The number of hydrogen-bond donors (Lipinski definition) is 2. The monoisotopic (exact) mass is 376 g/mol. The fraction of sp³-hybridized carbons (Fsp3) is 0.227. The topological polar surface area (TPSA) is 76.1 Å². The molecule has 0 saturated carbocycles. The Morgan fingerprint density at radius 2 is 1.75 bits per heavy atom. The van der Waals surface area contributed by atoms with E-state index in [0.29, 0.717) is 18.2 Å². The number of benzene rings is 2. The van der Waals surface area contributed by atoms with Crippen LogP contribution in [0.4, 0.5) is 11.6 Å². The van der Waals surface area contributed by atoms with Gasteiger partial charge < -0.3 is 15.4 Å². The molecule has 144 valence electrons. The molecule has 1 amide bonds. The number of anilines is 2. The first-order chi connectivity index (χ1) is 13.4. The molecule has 0 aliphatic rings. The molecule has 0 aliphatic heterocycles. The number of rotatable bonds is 6. The van der Waals surface area contributed by atoms with Crippen molar-refractivity contribution in [2.24, 2.45) is 0 Å². The van der Waals surface area contributed by atoms with Crippen LogP contribution in [0.25, 0.3) is 0 Å². The van der Waals surface area contributed by atoms with E-state index in [0.717, 1.165) is 28.3 Å². The average molecular weight is 376 g/mol. The van der Waals surface area contributed by atoms with Crippen molar-refractivity contribution >= 4 is 17.5 Å². The van der Waals surface area contributed by atoms with Crippen LogP contribution in [0.15, 0.2) is 48.5 Å². The third-order valence-electron chi connectivity index (χ3n) is 4.33. The van der Waals surface area contributed by atoms with Crippen LogP contribution in [0.2, 0.25) is 0 Å². The van der Waals surface area contributed by atoms with Gasteiger partial charge >= 0.3 is 0 Å². The Bertz CT molecular complexity index is 984. The average Bonchev–Trinajstić information content (AvgIpc) is 2.68. The summed E-state index contributed by atoms with van der Waals surface area (Å²) in [5.41, 5.74) is 5.22.